The zero-order valence-corrected chi connectivity index (χ0v) is 11.9. The first kappa shape index (κ1) is 11.1. The maximum atomic E-state index is 2.53. The minimum Gasteiger partial charge on any atom is -0.328 e. The Labute approximate surface area is 115 Å². The zero-order chi connectivity index (χ0) is 11.8. The van der Waals surface area contributed by atoms with Gasteiger partial charge in [-0.25, -0.2) is 0 Å². The summed E-state index contributed by atoms with van der Waals surface area (Å²) >= 11 is 2.53. The van der Waals surface area contributed by atoms with Gasteiger partial charge in [-0.15, -0.1) is 0 Å². The third-order valence-corrected chi connectivity index (χ3v) is 4.67. The largest absolute Gasteiger partial charge is 0.328 e. The summed E-state index contributed by atoms with van der Waals surface area (Å²) in [4.78, 5) is 0. The number of fused-ring (bicyclic) bond motifs is 3. The van der Waals surface area contributed by atoms with Gasteiger partial charge < -0.3 is 4.57 Å². The summed E-state index contributed by atoms with van der Waals surface area (Å²) in [6, 6.07) is 17.3. The van der Waals surface area contributed by atoms with Gasteiger partial charge in [0, 0.05) is 10.8 Å². The molecule has 2 aromatic carbocycles. The highest BCUT2D eigenvalue weighted by atomic mass is 127. The highest BCUT2D eigenvalue weighted by molar-refractivity contribution is 14.1. The van der Waals surface area contributed by atoms with E-state index in [0.29, 0.717) is 4.05 Å². The predicted molar refractivity (Wildman–Crippen MR) is 82.8 cm³/mol. The van der Waals surface area contributed by atoms with Gasteiger partial charge in [0.15, 0.2) is 0 Å². The fourth-order valence-electron chi connectivity index (χ4n) is 2.44. The van der Waals surface area contributed by atoms with Gasteiger partial charge in [0.25, 0.3) is 0 Å². The van der Waals surface area contributed by atoms with E-state index in [4.69, 9.17) is 0 Å². The minimum atomic E-state index is 0.511. The van der Waals surface area contributed by atoms with Crippen LogP contribution in [-0.4, -0.2) is 4.57 Å². The average Bonchev–Trinajstić information content (AvgIpc) is 2.72. The standard InChI is InChI=1S/C15H14IN/c1-2-15(16)17-13-9-5-3-7-11(13)12-8-4-6-10-14(12)17/h3-10,15H,2H2,1H3. The molecule has 1 unspecified atom stereocenters. The molecule has 3 rings (SSSR count). The van der Waals surface area contributed by atoms with E-state index < -0.39 is 0 Å². The lowest BCUT2D eigenvalue weighted by molar-refractivity contribution is 0.730. The number of alkyl halides is 1. The van der Waals surface area contributed by atoms with Crippen LogP contribution in [0.2, 0.25) is 0 Å². The Morgan fingerprint density at radius 2 is 1.41 bits per heavy atom. The summed E-state index contributed by atoms with van der Waals surface area (Å²) in [5, 5.41) is 2.72. The lowest BCUT2D eigenvalue weighted by atomic mass is 10.2. The van der Waals surface area contributed by atoms with Crippen molar-refractivity contribution < 1.29 is 0 Å². The second-order valence-electron chi connectivity index (χ2n) is 4.25. The molecular formula is C15H14IN. The second kappa shape index (κ2) is 4.33. The van der Waals surface area contributed by atoms with Crippen molar-refractivity contribution in [2.45, 2.75) is 17.4 Å². The molecule has 0 saturated heterocycles. The molecule has 1 aromatic heterocycles. The van der Waals surface area contributed by atoms with E-state index in [1.54, 1.807) is 0 Å². The first-order chi connectivity index (χ1) is 8.33. The van der Waals surface area contributed by atoms with Gasteiger partial charge in [-0.1, -0.05) is 65.9 Å². The van der Waals surface area contributed by atoms with Crippen molar-refractivity contribution in [3.8, 4) is 0 Å². The van der Waals surface area contributed by atoms with Crippen LogP contribution < -0.4 is 0 Å². The molecule has 2 heteroatoms. The van der Waals surface area contributed by atoms with Gasteiger partial charge in [0.1, 0.15) is 0 Å². The van der Waals surface area contributed by atoms with E-state index in [-0.39, 0.29) is 0 Å². The van der Waals surface area contributed by atoms with E-state index in [0.717, 1.165) is 6.42 Å². The van der Waals surface area contributed by atoms with Crippen LogP contribution in [-0.2, 0) is 0 Å². The van der Waals surface area contributed by atoms with E-state index in [1.807, 2.05) is 0 Å². The number of aromatic nitrogens is 1. The van der Waals surface area contributed by atoms with E-state index in [1.165, 1.54) is 21.8 Å². The maximum absolute atomic E-state index is 2.53. The van der Waals surface area contributed by atoms with Crippen LogP contribution >= 0.6 is 22.6 Å². The van der Waals surface area contributed by atoms with Gasteiger partial charge >= 0.3 is 0 Å². The fourth-order valence-corrected chi connectivity index (χ4v) is 3.04. The third kappa shape index (κ3) is 1.66. The molecule has 0 bridgehead atoms. The lowest BCUT2D eigenvalue weighted by Crippen LogP contribution is -1.99. The quantitative estimate of drug-likeness (QED) is 0.451. The number of benzene rings is 2. The van der Waals surface area contributed by atoms with Crippen molar-refractivity contribution >= 4 is 44.4 Å². The molecule has 0 N–H and O–H groups in total. The maximum Gasteiger partial charge on any atom is 0.0855 e. The Morgan fingerprint density at radius 3 is 1.88 bits per heavy atom. The van der Waals surface area contributed by atoms with E-state index in [9.17, 15) is 0 Å². The van der Waals surface area contributed by atoms with Crippen molar-refractivity contribution in [3.05, 3.63) is 48.5 Å². The molecule has 0 radical (unpaired) electrons. The van der Waals surface area contributed by atoms with Crippen LogP contribution in [0, 0.1) is 0 Å². The lowest BCUT2D eigenvalue weighted by Gasteiger charge is -2.12. The summed E-state index contributed by atoms with van der Waals surface area (Å²) in [5.41, 5.74) is 2.69. The molecule has 3 aromatic rings. The second-order valence-corrected chi connectivity index (χ2v) is 5.68. The van der Waals surface area contributed by atoms with Crippen LogP contribution in [0.1, 0.15) is 17.4 Å². The molecule has 1 heterocycles. The van der Waals surface area contributed by atoms with Crippen LogP contribution in [0.25, 0.3) is 21.8 Å². The third-order valence-electron chi connectivity index (χ3n) is 3.23. The molecule has 1 nitrogen and oxygen atoms in total. The number of nitrogens with zero attached hydrogens (tertiary/aromatic N) is 1. The predicted octanol–water partition coefficient (Wildman–Crippen LogP) is 5.14. The minimum absolute atomic E-state index is 0.511. The van der Waals surface area contributed by atoms with Crippen molar-refractivity contribution in [1.82, 2.24) is 4.57 Å². The normalized spacial score (nSPS) is 13.3. The SMILES string of the molecule is CCC(I)n1c2ccccc2c2ccccc21. The summed E-state index contributed by atoms with van der Waals surface area (Å²) < 4.78 is 2.96. The Morgan fingerprint density at radius 1 is 0.941 bits per heavy atom. The molecule has 1 atom stereocenters. The Balaban J connectivity index is 2.50. The average molecular weight is 335 g/mol. The molecule has 0 aliphatic heterocycles. The zero-order valence-electron chi connectivity index (χ0n) is 9.73. The van der Waals surface area contributed by atoms with E-state index in [2.05, 4.69) is 82.6 Å². The van der Waals surface area contributed by atoms with Crippen LogP contribution in [0.5, 0.6) is 0 Å². The summed E-state index contributed by atoms with van der Waals surface area (Å²) in [5.74, 6) is 0. The summed E-state index contributed by atoms with van der Waals surface area (Å²) in [6.07, 6.45) is 1.14. The van der Waals surface area contributed by atoms with Gasteiger partial charge in [0.2, 0.25) is 0 Å². The molecule has 0 amide bonds. The molecule has 0 aliphatic rings. The van der Waals surface area contributed by atoms with Crippen molar-refractivity contribution in [3.63, 3.8) is 0 Å². The summed E-state index contributed by atoms with van der Waals surface area (Å²) in [6.45, 7) is 2.24. The highest BCUT2D eigenvalue weighted by Gasteiger charge is 2.13. The number of para-hydroxylation sites is 2. The molecule has 86 valence electrons. The van der Waals surface area contributed by atoms with Gasteiger partial charge in [0.05, 0.1) is 15.1 Å². The number of halogens is 1. The van der Waals surface area contributed by atoms with E-state index >= 15 is 0 Å². The first-order valence-corrected chi connectivity index (χ1v) is 7.19. The van der Waals surface area contributed by atoms with Crippen molar-refractivity contribution in [2.75, 3.05) is 0 Å². The van der Waals surface area contributed by atoms with Crippen molar-refractivity contribution in [2.24, 2.45) is 0 Å². The Hall–Kier alpha value is -1.03. The number of hydrogen-bond donors (Lipinski definition) is 0. The monoisotopic (exact) mass is 335 g/mol. The van der Waals surface area contributed by atoms with Crippen molar-refractivity contribution in [1.29, 1.82) is 0 Å². The molecule has 0 spiro atoms. The van der Waals surface area contributed by atoms with Crippen LogP contribution in [0.3, 0.4) is 0 Å². The topological polar surface area (TPSA) is 4.93 Å². The summed E-state index contributed by atoms with van der Waals surface area (Å²) in [7, 11) is 0. The number of rotatable bonds is 2. The van der Waals surface area contributed by atoms with Gasteiger partial charge in [-0.2, -0.15) is 0 Å². The first-order valence-electron chi connectivity index (χ1n) is 5.94. The molecule has 0 fully saturated rings. The number of hydrogen-bond acceptors (Lipinski definition) is 0. The Bertz CT molecular complexity index is 616. The van der Waals surface area contributed by atoms with Gasteiger partial charge in [-0.05, 0) is 18.6 Å². The molecule has 0 saturated carbocycles. The molecule has 17 heavy (non-hydrogen) atoms. The van der Waals surface area contributed by atoms with Crippen LogP contribution in [0.15, 0.2) is 48.5 Å². The van der Waals surface area contributed by atoms with Gasteiger partial charge in [-0.3, -0.25) is 0 Å². The fraction of sp³-hybridized carbons (Fsp3) is 0.200. The van der Waals surface area contributed by atoms with Crippen LogP contribution in [0.4, 0.5) is 0 Å². The molecule has 0 aliphatic carbocycles. The highest BCUT2D eigenvalue weighted by Crippen LogP contribution is 2.34. The molecular weight excluding hydrogens is 321 g/mol. The smallest absolute Gasteiger partial charge is 0.0855 e. The Kier molecular flexibility index (Phi) is 2.82.